The molecule has 0 aromatic carbocycles. The molecule has 0 radical (unpaired) electrons. The monoisotopic (exact) mass is 274 g/mol. The number of ether oxygens (including phenoxy) is 2. The number of unbranched alkanes of at least 4 members (excludes halogenated alkanes) is 3. The molecule has 0 amide bonds. The first kappa shape index (κ1) is 16.9. The van der Waals surface area contributed by atoms with Crippen molar-refractivity contribution < 1.29 is 19.7 Å². The van der Waals surface area contributed by atoms with Crippen LogP contribution in [0.25, 0.3) is 0 Å². The van der Waals surface area contributed by atoms with E-state index in [-0.39, 0.29) is 12.4 Å². The molecule has 0 saturated carbocycles. The van der Waals surface area contributed by atoms with Crippen LogP contribution in [0.3, 0.4) is 0 Å². The molecule has 0 spiro atoms. The van der Waals surface area contributed by atoms with Gasteiger partial charge in [0, 0.05) is 13.0 Å². The molecule has 19 heavy (non-hydrogen) atoms. The molecule has 4 heteroatoms. The van der Waals surface area contributed by atoms with Gasteiger partial charge in [0.1, 0.15) is 0 Å². The van der Waals surface area contributed by atoms with Crippen LogP contribution >= 0.6 is 0 Å². The van der Waals surface area contributed by atoms with Crippen molar-refractivity contribution in [3.05, 3.63) is 0 Å². The van der Waals surface area contributed by atoms with Gasteiger partial charge in [0.25, 0.3) is 0 Å². The maximum atomic E-state index is 9.17. The molecule has 0 aliphatic carbocycles. The second-order valence-corrected chi connectivity index (χ2v) is 5.91. The van der Waals surface area contributed by atoms with Crippen molar-refractivity contribution >= 4 is 0 Å². The second kappa shape index (κ2) is 8.90. The van der Waals surface area contributed by atoms with Crippen LogP contribution in [0.1, 0.15) is 71.6 Å². The Labute approximate surface area is 117 Å². The number of hydrogen-bond acceptors (Lipinski definition) is 4. The smallest absolute Gasteiger partial charge is 0.159 e. The summed E-state index contributed by atoms with van der Waals surface area (Å²) in [7, 11) is 0. The summed E-state index contributed by atoms with van der Waals surface area (Å²) in [6.45, 7) is 4.38. The Balaban J connectivity index is 1.93. The summed E-state index contributed by atoms with van der Waals surface area (Å²) in [4.78, 5) is 0. The standard InChI is InChI=1S/C15H30O4/c1-13(19-14-10-6-8-12-18-14)9-5-3-4-7-11-15(2,16)17/h13-14,16-17H,3-12H2,1-2H3. The van der Waals surface area contributed by atoms with Gasteiger partial charge in [-0.05, 0) is 46.0 Å². The molecule has 1 aliphatic heterocycles. The fraction of sp³-hybridized carbons (Fsp3) is 1.00. The molecule has 0 aromatic rings. The molecule has 1 rings (SSSR count). The fourth-order valence-corrected chi connectivity index (χ4v) is 2.39. The third kappa shape index (κ3) is 9.38. The summed E-state index contributed by atoms with van der Waals surface area (Å²) in [5.41, 5.74) is 0. The minimum absolute atomic E-state index is 0.00763. The largest absolute Gasteiger partial charge is 0.366 e. The average Bonchev–Trinajstić information content (AvgIpc) is 2.33. The number of hydrogen-bond donors (Lipinski definition) is 2. The van der Waals surface area contributed by atoms with Crippen LogP contribution in [0.5, 0.6) is 0 Å². The average molecular weight is 274 g/mol. The van der Waals surface area contributed by atoms with Crippen LogP contribution in [0.4, 0.5) is 0 Å². The molecule has 0 aromatic heterocycles. The molecular formula is C15H30O4. The van der Waals surface area contributed by atoms with Crippen LogP contribution in [0.15, 0.2) is 0 Å². The van der Waals surface area contributed by atoms with E-state index >= 15 is 0 Å². The van der Waals surface area contributed by atoms with Gasteiger partial charge in [0.05, 0.1) is 6.10 Å². The second-order valence-electron chi connectivity index (χ2n) is 5.91. The first-order valence-electron chi connectivity index (χ1n) is 7.69. The Morgan fingerprint density at radius 1 is 1.21 bits per heavy atom. The third-order valence-corrected chi connectivity index (χ3v) is 3.53. The summed E-state index contributed by atoms with van der Waals surface area (Å²) in [5, 5.41) is 18.3. The Morgan fingerprint density at radius 3 is 2.58 bits per heavy atom. The van der Waals surface area contributed by atoms with Crippen molar-refractivity contribution in [2.24, 2.45) is 0 Å². The van der Waals surface area contributed by atoms with E-state index in [1.807, 2.05) is 0 Å². The minimum Gasteiger partial charge on any atom is -0.366 e. The third-order valence-electron chi connectivity index (χ3n) is 3.53. The number of aliphatic hydroxyl groups is 2. The highest BCUT2D eigenvalue weighted by molar-refractivity contribution is 4.60. The molecular weight excluding hydrogens is 244 g/mol. The van der Waals surface area contributed by atoms with Crippen molar-refractivity contribution in [2.75, 3.05) is 6.61 Å². The van der Waals surface area contributed by atoms with Gasteiger partial charge in [-0.2, -0.15) is 0 Å². The van der Waals surface area contributed by atoms with E-state index in [0.29, 0.717) is 6.42 Å². The normalized spacial score (nSPS) is 22.4. The lowest BCUT2D eigenvalue weighted by atomic mass is 10.1. The van der Waals surface area contributed by atoms with Crippen LogP contribution in [0.2, 0.25) is 0 Å². The lowest BCUT2D eigenvalue weighted by molar-refractivity contribution is -0.185. The van der Waals surface area contributed by atoms with Crippen molar-refractivity contribution in [3.63, 3.8) is 0 Å². The molecule has 114 valence electrons. The highest BCUT2D eigenvalue weighted by Crippen LogP contribution is 2.18. The Hall–Kier alpha value is -0.160. The molecule has 1 aliphatic rings. The molecule has 2 unspecified atom stereocenters. The molecule has 2 atom stereocenters. The highest BCUT2D eigenvalue weighted by atomic mass is 16.7. The Kier molecular flexibility index (Phi) is 7.91. The lowest BCUT2D eigenvalue weighted by Crippen LogP contribution is -2.26. The van der Waals surface area contributed by atoms with Crippen molar-refractivity contribution in [3.8, 4) is 0 Å². The summed E-state index contributed by atoms with van der Waals surface area (Å²) in [6, 6.07) is 0. The van der Waals surface area contributed by atoms with E-state index in [9.17, 15) is 0 Å². The van der Waals surface area contributed by atoms with Gasteiger partial charge in [-0.3, -0.25) is 0 Å². The van der Waals surface area contributed by atoms with E-state index in [1.165, 1.54) is 13.3 Å². The highest BCUT2D eigenvalue weighted by Gasteiger charge is 2.17. The number of rotatable bonds is 9. The molecule has 1 heterocycles. The summed E-state index contributed by atoms with van der Waals surface area (Å²) in [6.07, 6.45) is 9.31. The molecule has 4 nitrogen and oxygen atoms in total. The van der Waals surface area contributed by atoms with E-state index in [4.69, 9.17) is 19.7 Å². The van der Waals surface area contributed by atoms with Gasteiger partial charge >= 0.3 is 0 Å². The van der Waals surface area contributed by atoms with Crippen LogP contribution in [-0.4, -0.2) is 35.0 Å². The Bertz CT molecular complexity index is 219. The van der Waals surface area contributed by atoms with Crippen molar-refractivity contribution in [2.45, 2.75) is 89.8 Å². The SMILES string of the molecule is CC(CCCCCCC(C)(O)O)OC1CCCCO1. The predicted molar refractivity (Wildman–Crippen MR) is 74.7 cm³/mol. The zero-order valence-electron chi connectivity index (χ0n) is 12.4. The first-order valence-corrected chi connectivity index (χ1v) is 7.69. The molecule has 1 saturated heterocycles. The van der Waals surface area contributed by atoms with Gasteiger partial charge in [0.2, 0.25) is 0 Å². The summed E-state index contributed by atoms with van der Waals surface area (Å²) >= 11 is 0. The summed E-state index contributed by atoms with van der Waals surface area (Å²) in [5.74, 6) is -1.51. The van der Waals surface area contributed by atoms with Crippen LogP contribution in [0, 0.1) is 0 Å². The summed E-state index contributed by atoms with van der Waals surface area (Å²) < 4.78 is 11.4. The quantitative estimate of drug-likeness (QED) is 0.501. The topological polar surface area (TPSA) is 58.9 Å². The zero-order chi connectivity index (χ0) is 14.1. The maximum absolute atomic E-state index is 9.17. The van der Waals surface area contributed by atoms with Gasteiger partial charge < -0.3 is 19.7 Å². The van der Waals surface area contributed by atoms with Crippen molar-refractivity contribution in [1.82, 2.24) is 0 Å². The van der Waals surface area contributed by atoms with Gasteiger partial charge in [-0.15, -0.1) is 0 Å². The Morgan fingerprint density at radius 2 is 1.95 bits per heavy atom. The predicted octanol–water partition coefficient (Wildman–Crippen LogP) is 2.96. The fourth-order valence-electron chi connectivity index (χ4n) is 2.39. The van der Waals surface area contributed by atoms with E-state index < -0.39 is 5.79 Å². The van der Waals surface area contributed by atoms with Crippen LogP contribution < -0.4 is 0 Å². The lowest BCUT2D eigenvalue weighted by Gasteiger charge is -2.26. The van der Waals surface area contributed by atoms with Gasteiger partial charge in [0.15, 0.2) is 12.1 Å². The zero-order valence-corrected chi connectivity index (χ0v) is 12.4. The van der Waals surface area contributed by atoms with Crippen LogP contribution in [-0.2, 0) is 9.47 Å². The minimum atomic E-state index is -1.51. The van der Waals surface area contributed by atoms with Gasteiger partial charge in [-0.1, -0.05) is 19.3 Å². The maximum Gasteiger partial charge on any atom is 0.159 e. The van der Waals surface area contributed by atoms with Crippen molar-refractivity contribution in [1.29, 1.82) is 0 Å². The molecule has 1 fully saturated rings. The van der Waals surface area contributed by atoms with E-state index in [2.05, 4.69) is 6.92 Å². The van der Waals surface area contributed by atoms with Gasteiger partial charge in [-0.25, -0.2) is 0 Å². The van der Waals surface area contributed by atoms with E-state index in [1.54, 1.807) is 0 Å². The molecule has 0 bridgehead atoms. The van der Waals surface area contributed by atoms with E-state index in [0.717, 1.165) is 51.6 Å². The first-order chi connectivity index (χ1) is 8.97. The molecule has 2 N–H and O–H groups in total.